The zero-order chi connectivity index (χ0) is 21.9. The quantitative estimate of drug-likeness (QED) is 0.615. The number of rotatable bonds is 7. The highest BCUT2D eigenvalue weighted by Gasteiger charge is 2.13. The fraction of sp³-hybridized carbons (Fsp3) is 0.200. The largest absolute Gasteiger partial charge is 0.346 e. The first-order chi connectivity index (χ1) is 14.2. The topological polar surface area (TPSA) is 100.0 Å². The van der Waals surface area contributed by atoms with Gasteiger partial charge in [-0.2, -0.15) is 13.9 Å². The van der Waals surface area contributed by atoms with Crippen molar-refractivity contribution in [3.05, 3.63) is 82.6 Å². The van der Waals surface area contributed by atoms with Gasteiger partial charge in [0.15, 0.2) is 9.84 Å². The van der Waals surface area contributed by atoms with Gasteiger partial charge in [0.05, 0.1) is 18.0 Å². The van der Waals surface area contributed by atoms with Crippen LogP contribution in [0.25, 0.3) is 11.1 Å². The minimum Gasteiger partial charge on any atom is -0.327 e. The molecule has 10 heteroatoms. The van der Waals surface area contributed by atoms with Gasteiger partial charge in [-0.25, -0.2) is 17.9 Å². The van der Waals surface area contributed by atoms with Crippen LogP contribution in [-0.4, -0.2) is 35.6 Å². The van der Waals surface area contributed by atoms with Crippen molar-refractivity contribution >= 4 is 9.84 Å². The Morgan fingerprint density at radius 2 is 1.77 bits per heavy atom. The maximum atomic E-state index is 12.8. The molecule has 0 bridgehead atoms. The third-order valence-electron chi connectivity index (χ3n) is 4.60. The van der Waals surface area contributed by atoms with Crippen LogP contribution >= 0.6 is 0 Å². The summed E-state index contributed by atoms with van der Waals surface area (Å²) >= 11 is 0. The molecule has 1 heterocycles. The summed E-state index contributed by atoms with van der Waals surface area (Å²) in [4.78, 5) is 12.8. The van der Waals surface area contributed by atoms with Gasteiger partial charge < -0.3 is 5.73 Å². The van der Waals surface area contributed by atoms with Crippen LogP contribution in [0.2, 0.25) is 0 Å². The van der Waals surface area contributed by atoms with E-state index in [-0.39, 0.29) is 30.1 Å². The van der Waals surface area contributed by atoms with E-state index in [9.17, 15) is 22.0 Å². The molecule has 0 atom stereocenters. The second-order valence-electron chi connectivity index (χ2n) is 6.72. The van der Waals surface area contributed by atoms with Gasteiger partial charge in [0.2, 0.25) is 0 Å². The first-order valence-electron chi connectivity index (χ1n) is 8.94. The smallest absolute Gasteiger partial charge is 0.327 e. The summed E-state index contributed by atoms with van der Waals surface area (Å²) in [6.07, 6.45) is 0.512. The van der Waals surface area contributed by atoms with Crippen molar-refractivity contribution in [2.75, 3.05) is 12.8 Å². The molecule has 2 N–H and O–H groups in total. The Morgan fingerprint density at radius 3 is 2.37 bits per heavy atom. The van der Waals surface area contributed by atoms with Gasteiger partial charge in [0, 0.05) is 18.4 Å². The minimum absolute atomic E-state index is 0.169. The van der Waals surface area contributed by atoms with Crippen LogP contribution < -0.4 is 11.4 Å². The van der Waals surface area contributed by atoms with E-state index >= 15 is 0 Å². The Labute approximate surface area is 172 Å². The van der Waals surface area contributed by atoms with Gasteiger partial charge >= 0.3 is 5.69 Å². The number of hydrogen-bond acceptors (Lipinski definition) is 5. The lowest BCUT2D eigenvalue weighted by Crippen LogP contribution is -2.27. The molecular weight excluding hydrogens is 414 g/mol. The number of halogens is 2. The van der Waals surface area contributed by atoms with Gasteiger partial charge in [-0.3, -0.25) is 4.57 Å². The van der Waals surface area contributed by atoms with Crippen molar-refractivity contribution in [1.82, 2.24) is 14.3 Å². The van der Waals surface area contributed by atoms with Gasteiger partial charge in [-0.1, -0.05) is 36.4 Å². The maximum absolute atomic E-state index is 12.8. The lowest BCUT2D eigenvalue weighted by Gasteiger charge is -2.10. The van der Waals surface area contributed by atoms with E-state index in [2.05, 4.69) is 5.10 Å². The standard InChI is InChI=1S/C20H20F2N4O3S/c1-30(28,29)17-8-6-14(7-9-17)18-5-3-2-4-15(18)11-25-13-24-26(20(25)27)12-16(10-23)19(21)22/h2-9,13H,10-12,23H2,1H3. The van der Waals surface area contributed by atoms with Gasteiger partial charge in [-0.05, 0) is 28.8 Å². The Balaban J connectivity index is 1.91. The van der Waals surface area contributed by atoms with Crippen LogP contribution in [0.4, 0.5) is 8.78 Å². The molecule has 30 heavy (non-hydrogen) atoms. The molecule has 0 aliphatic rings. The second-order valence-corrected chi connectivity index (χ2v) is 8.74. The number of aromatic nitrogens is 3. The van der Waals surface area contributed by atoms with E-state index in [1.807, 2.05) is 24.3 Å². The summed E-state index contributed by atoms with van der Waals surface area (Å²) in [6, 6.07) is 13.8. The maximum Gasteiger partial charge on any atom is 0.346 e. The van der Waals surface area contributed by atoms with Crippen molar-refractivity contribution in [3.8, 4) is 11.1 Å². The molecule has 0 spiro atoms. The van der Waals surface area contributed by atoms with Gasteiger partial charge in [-0.15, -0.1) is 0 Å². The predicted molar refractivity (Wildman–Crippen MR) is 109 cm³/mol. The first-order valence-corrected chi connectivity index (χ1v) is 10.8. The third-order valence-corrected chi connectivity index (χ3v) is 5.73. The van der Waals surface area contributed by atoms with Crippen LogP contribution in [0.5, 0.6) is 0 Å². The van der Waals surface area contributed by atoms with Crippen LogP contribution in [0.1, 0.15) is 5.56 Å². The van der Waals surface area contributed by atoms with Gasteiger partial charge in [0.1, 0.15) is 6.33 Å². The summed E-state index contributed by atoms with van der Waals surface area (Å²) in [5, 5.41) is 3.90. The highest BCUT2D eigenvalue weighted by molar-refractivity contribution is 7.90. The number of nitrogens with zero attached hydrogens (tertiary/aromatic N) is 3. The fourth-order valence-corrected chi connectivity index (χ4v) is 3.61. The third kappa shape index (κ3) is 4.71. The molecule has 0 unspecified atom stereocenters. The minimum atomic E-state index is -3.30. The Kier molecular flexibility index (Phi) is 6.28. The highest BCUT2D eigenvalue weighted by Crippen LogP contribution is 2.25. The SMILES string of the molecule is CS(=O)(=O)c1ccc(-c2ccccc2Cn2cnn(CC(CN)=C(F)F)c2=O)cc1. The van der Waals surface area contributed by atoms with Crippen molar-refractivity contribution < 1.29 is 17.2 Å². The van der Waals surface area contributed by atoms with Crippen LogP contribution in [0.15, 0.2) is 76.2 Å². The number of sulfone groups is 1. The Hall–Kier alpha value is -3.11. The molecule has 3 rings (SSSR count). The molecule has 0 aliphatic carbocycles. The normalized spacial score (nSPS) is 11.5. The summed E-state index contributed by atoms with van der Waals surface area (Å²) in [5.74, 6) is 0. The number of nitrogens with two attached hydrogens (primary N) is 1. The second kappa shape index (κ2) is 8.72. The molecule has 7 nitrogen and oxygen atoms in total. The molecule has 0 fully saturated rings. The molecule has 2 aromatic carbocycles. The van der Waals surface area contributed by atoms with E-state index in [1.165, 1.54) is 23.0 Å². The molecule has 0 aliphatic heterocycles. The Bertz CT molecular complexity index is 1240. The predicted octanol–water partition coefficient (Wildman–Crippen LogP) is 2.27. The lowest BCUT2D eigenvalue weighted by atomic mass is 10.00. The van der Waals surface area contributed by atoms with Gasteiger partial charge in [0.25, 0.3) is 6.08 Å². The van der Waals surface area contributed by atoms with Crippen molar-refractivity contribution in [3.63, 3.8) is 0 Å². The molecule has 0 saturated heterocycles. The summed E-state index contributed by atoms with van der Waals surface area (Å²) in [6.45, 7) is -0.574. The van der Waals surface area contributed by atoms with Crippen molar-refractivity contribution in [2.45, 2.75) is 18.0 Å². The van der Waals surface area contributed by atoms with E-state index < -0.39 is 21.6 Å². The van der Waals surface area contributed by atoms with Crippen LogP contribution in [0, 0.1) is 0 Å². The Morgan fingerprint density at radius 1 is 1.10 bits per heavy atom. The van der Waals surface area contributed by atoms with Crippen molar-refractivity contribution in [2.24, 2.45) is 5.73 Å². The average molecular weight is 434 g/mol. The molecule has 158 valence electrons. The molecular formula is C20H20F2N4O3S. The van der Waals surface area contributed by atoms with E-state index in [1.54, 1.807) is 12.1 Å². The molecule has 0 radical (unpaired) electrons. The first kappa shape index (κ1) is 21.6. The summed E-state index contributed by atoms with van der Waals surface area (Å²) < 4.78 is 51.2. The highest BCUT2D eigenvalue weighted by atomic mass is 32.2. The zero-order valence-corrected chi connectivity index (χ0v) is 16.9. The van der Waals surface area contributed by atoms with Crippen molar-refractivity contribution in [1.29, 1.82) is 0 Å². The number of benzene rings is 2. The molecule has 3 aromatic rings. The fourth-order valence-electron chi connectivity index (χ4n) is 2.98. The molecule has 0 amide bonds. The molecule has 1 aromatic heterocycles. The average Bonchev–Trinajstić information content (AvgIpc) is 3.05. The summed E-state index contributed by atoms with van der Waals surface area (Å²) in [5.41, 5.74) is 6.79. The van der Waals surface area contributed by atoms with Crippen LogP contribution in [0.3, 0.4) is 0 Å². The number of hydrogen-bond donors (Lipinski definition) is 1. The van der Waals surface area contributed by atoms with E-state index in [4.69, 9.17) is 5.73 Å². The monoisotopic (exact) mass is 434 g/mol. The summed E-state index contributed by atoms with van der Waals surface area (Å²) in [7, 11) is -3.30. The van der Waals surface area contributed by atoms with E-state index in [0.717, 1.165) is 27.6 Å². The molecule has 0 saturated carbocycles. The van der Waals surface area contributed by atoms with Crippen LogP contribution in [-0.2, 0) is 22.9 Å². The zero-order valence-electron chi connectivity index (χ0n) is 16.1. The van der Waals surface area contributed by atoms with E-state index in [0.29, 0.717) is 0 Å². The lowest BCUT2D eigenvalue weighted by molar-refractivity contribution is 0.400.